The van der Waals surface area contributed by atoms with Crippen molar-refractivity contribution < 1.29 is 89.4 Å². The van der Waals surface area contributed by atoms with Crippen LogP contribution in [0.3, 0.4) is 0 Å². The molecule has 0 radical (unpaired) electrons. The van der Waals surface area contributed by atoms with Crippen LogP contribution in [0.15, 0.2) is 134 Å². The number of nitrogens with one attached hydrogen (secondary N) is 1. The lowest BCUT2D eigenvalue weighted by Crippen LogP contribution is -2.66. The number of allylic oxidation sites excluding steroid dienone is 21. The van der Waals surface area contributed by atoms with E-state index in [-0.39, 0.29) is 18.9 Å². The fraction of sp³-hybridized carbons (Fsp3) is 0.709. The first kappa shape index (κ1) is 88.1. The molecule has 3 rings (SSSR count). The van der Waals surface area contributed by atoms with E-state index in [0.717, 1.165) is 109 Å². The highest BCUT2D eigenvalue weighted by molar-refractivity contribution is 5.76. The average Bonchev–Trinajstić information content (AvgIpc) is 0.785. The van der Waals surface area contributed by atoms with E-state index in [4.69, 9.17) is 28.4 Å². The molecule has 3 fully saturated rings. The quantitative estimate of drug-likeness (QED) is 0.0199. The molecule has 3 saturated heterocycles. The number of aliphatic hydroxyl groups is 11. The van der Waals surface area contributed by atoms with E-state index in [9.17, 15) is 61.0 Å². The zero-order valence-electron chi connectivity index (χ0n) is 59.5. The lowest BCUT2D eigenvalue weighted by Gasteiger charge is -2.48. The van der Waals surface area contributed by atoms with Crippen LogP contribution in [0.4, 0.5) is 0 Å². The Kier molecular flexibility index (Phi) is 52.6. The van der Waals surface area contributed by atoms with Gasteiger partial charge in [0, 0.05) is 6.42 Å². The molecule has 19 heteroatoms. The first-order valence-electron chi connectivity index (χ1n) is 37.4. The molecule has 3 aliphatic heterocycles. The van der Waals surface area contributed by atoms with Crippen molar-refractivity contribution in [2.45, 2.75) is 330 Å². The molecule has 98 heavy (non-hydrogen) atoms. The molecular weight excluding hydrogens is 1250 g/mol. The summed E-state index contributed by atoms with van der Waals surface area (Å²) in [5.41, 5.74) is 0. The Bertz CT molecular complexity index is 2290. The minimum absolute atomic E-state index is 0.224. The number of rotatable bonds is 56. The van der Waals surface area contributed by atoms with Crippen LogP contribution in [0.2, 0.25) is 0 Å². The zero-order valence-corrected chi connectivity index (χ0v) is 59.5. The van der Waals surface area contributed by atoms with Gasteiger partial charge in [-0.2, -0.15) is 0 Å². The van der Waals surface area contributed by atoms with Gasteiger partial charge in [0.15, 0.2) is 18.9 Å². The van der Waals surface area contributed by atoms with Crippen molar-refractivity contribution in [2.24, 2.45) is 0 Å². The molecule has 17 unspecified atom stereocenters. The molecule has 3 heterocycles. The molecule has 17 atom stereocenters. The summed E-state index contributed by atoms with van der Waals surface area (Å²) in [7, 11) is 0. The minimum atomic E-state index is -1.99. The standard InChI is InChI=1S/C79H131NO18/c1-3-5-7-9-11-13-15-17-19-20-21-22-23-24-25-26-27-28-29-30-31-32-33-34-35-36-37-38-39-40-41-42-43-45-47-49-51-53-55-57-67(85)80-62(63(84)56-54-52-50-48-46-44-18-16-14-12-10-8-6-4-2)61-93-77-73(91)70(88)75(65(59-82)95-77)98-79-74(92)71(89)76(66(60-83)96-79)97-78-72(90)69(87)68(86)64(58-81)94-78/h5,7,11,13,17,19,21-22,24-25,27-28,30-31,33-34,36-37,46,48,54,56,62-66,68-79,81-84,86-92H,3-4,6,8-10,12,14-16,18,20,23,26,29,32,35,38-45,47,49-53,55,57-61H2,1-2H3,(H,80,85)/b7-5-,13-11-,19-17-,22-21-,25-24-,28-27-,31-30-,34-33-,37-36-,48-46+,56-54+. The Hall–Kier alpha value is -4.07. The van der Waals surface area contributed by atoms with Crippen LogP contribution in [-0.2, 0) is 33.2 Å². The first-order valence-corrected chi connectivity index (χ1v) is 37.4. The molecule has 0 aliphatic carbocycles. The zero-order chi connectivity index (χ0) is 71.1. The summed E-state index contributed by atoms with van der Waals surface area (Å²) < 4.78 is 34.3. The van der Waals surface area contributed by atoms with Gasteiger partial charge < -0.3 is 89.9 Å². The molecule has 0 spiro atoms. The number of aliphatic hydroxyl groups excluding tert-OH is 11. The van der Waals surface area contributed by atoms with Gasteiger partial charge in [0.1, 0.15) is 73.2 Å². The lowest BCUT2D eigenvalue weighted by molar-refractivity contribution is -0.379. The van der Waals surface area contributed by atoms with E-state index < -0.39 is 124 Å². The average molecular weight is 1380 g/mol. The fourth-order valence-electron chi connectivity index (χ4n) is 11.7. The van der Waals surface area contributed by atoms with E-state index in [2.05, 4.69) is 141 Å². The summed E-state index contributed by atoms with van der Waals surface area (Å²) in [5.74, 6) is -0.295. The van der Waals surface area contributed by atoms with Crippen LogP contribution in [0.1, 0.15) is 226 Å². The maximum atomic E-state index is 13.4. The largest absolute Gasteiger partial charge is 0.394 e. The third-order valence-corrected chi connectivity index (χ3v) is 17.7. The Morgan fingerprint density at radius 2 is 0.714 bits per heavy atom. The van der Waals surface area contributed by atoms with Gasteiger partial charge in [0.2, 0.25) is 5.91 Å². The van der Waals surface area contributed by atoms with Gasteiger partial charge in [0.05, 0.1) is 38.6 Å². The minimum Gasteiger partial charge on any atom is -0.394 e. The van der Waals surface area contributed by atoms with Gasteiger partial charge in [0.25, 0.3) is 0 Å². The summed E-state index contributed by atoms with van der Waals surface area (Å²) in [6.45, 7) is 1.57. The van der Waals surface area contributed by atoms with Gasteiger partial charge in [-0.15, -0.1) is 0 Å². The molecule has 0 aromatic heterocycles. The van der Waals surface area contributed by atoms with Crippen LogP contribution in [0, 0.1) is 0 Å². The summed E-state index contributed by atoms with van der Waals surface area (Å²) >= 11 is 0. The van der Waals surface area contributed by atoms with Crippen LogP contribution in [0.5, 0.6) is 0 Å². The van der Waals surface area contributed by atoms with E-state index in [1.807, 2.05) is 6.08 Å². The Labute approximate surface area is 588 Å². The van der Waals surface area contributed by atoms with Crippen molar-refractivity contribution in [3.05, 3.63) is 134 Å². The maximum Gasteiger partial charge on any atom is 0.220 e. The SMILES string of the molecule is CC/C=C\C/C=C\C/C=C\C/C=C\C/C=C\C/C=C\C/C=C\C/C=C\C/C=C\CCCCCCCCCCCCCC(=O)NC(COC1OC(CO)C(OC2OC(CO)C(OC3OC(CO)C(O)C(O)C3O)C(O)C2O)C(O)C1O)C(O)/C=C/CC/C=C/CCCCCCCCCC. The Balaban J connectivity index is 1.34. The Morgan fingerprint density at radius 3 is 1.14 bits per heavy atom. The highest BCUT2D eigenvalue weighted by Gasteiger charge is 2.53. The van der Waals surface area contributed by atoms with Gasteiger partial charge in [-0.25, -0.2) is 0 Å². The van der Waals surface area contributed by atoms with Crippen molar-refractivity contribution in [3.8, 4) is 0 Å². The third kappa shape index (κ3) is 38.8. The second-order valence-corrected chi connectivity index (χ2v) is 26.0. The van der Waals surface area contributed by atoms with Gasteiger partial charge >= 0.3 is 0 Å². The first-order chi connectivity index (χ1) is 47.8. The normalized spacial score (nSPS) is 27.5. The van der Waals surface area contributed by atoms with E-state index in [1.165, 1.54) is 83.5 Å². The summed E-state index contributed by atoms with van der Waals surface area (Å²) in [6, 6.07) is -1.000. The predicted molar refractivity (Wildman–Crippen MR) is 387 cm³/mol. The highest BCUT2D eigenvalue weighted by atomic mass is 16.8. The van der Waals surface area contributed by atoms with E-state index >= 15 is 0 Å². The smallest absolute Gasteiger partial charge is 0.220 e. The fourth-order valence-corrected chi connectivity index (χ4v) is 11.7. The van der Waals surface area contributed by atoms with Gasteiger partial charge in [-0.3, -0.25) is 4.79 Å². The molecule has 19 nitrogen and oxygen atoms in total. The topological polar surface area (TPSA) is 307 Å². The molecule has 3 aliphatic rings. The number of carbonyl (C=O) groups is 1. The number of carbonyl (C=O) groups excluding carboxylic acids is 1. The second kappa shape index (κ2) is 58.4. The van der Waals surface area contributed by atoms with Gasteiger partial charge in [-0.05, 0) is 103 Å². The number of amides is 1. The Morgan fingerprint density at radius 1 is 0.378 bits per heavy atom. The van der Waals surface area contributed by atoms with Crippen LogP contribution >= 0.6 is 0 Å². The second-order valence-electron chi connectivity index (χ2n) is 26.0. The lowest BCUT2D eigenvalue weighted by atomic mass is 9.96. The molecule has 560 valence electrons. The summed E-state index contributed by atoms with van der Waals surface area (Å²) in [6.07, 6.45) is 55.8. The highest BCUT2D eigenvalue weighted by Crippen LogP contribution is 2.33. The summed E-state index contributed by atoms with van der Waals surface area (Å²) in [5, 5.41) is 120. The monoisotopic (exact) mass is 1380 g/mol. The number of unbranched alkanes of at least 4 members (excludes halogenated alkanes) is 20. The van der Waals surface area contributed by atoms with E-state index in [1.54, 1.807) is 6.08 Å². The van der Waals surface area contributed by atoms with Gasteiger partial charge in [-0.1, -0.05) is 250 Å². The summed E-state index contributed by atoms with van der Waals surface area (Å²) in [4.78, 5) is 13.4. The molecule has 1 amide bonds. The molecule has 0 saturated carbocycles. The maximum absolute atomic E-state index is 13.4. The molecule has 0 aromatic rings. The molecular formula is C79H131NO18. The van der Waals surface area contributed by atoms with Crippen molar-refractivity contribution in [2.75, 3.05) is 26.4 Å². The van der Waals surface area contributed by atoms with Crippen molar-refractivity contribution in [1.29, 1.82) is 0 Å². The predicted octanol–water partition coefficient (Wildman–Crippen LogP) is 11.3. The van der Waals surface area contributed by atoms with Crippen LogP contribution in [0.25, 0.3) is 0 Å². The van der Waals surface area contributed by atoms with E-state index in [0.29, 0.717) is 12.8 Å². The number of hydrogen-bond donors (Lipinski definition) is 12. The van der Waals surface area contributed by atoms with Crippen molar-refractivity contribution >= 4 is 5.91 Å². The molecule has 12 N–H and O–H groups in total. The van der Waals surface area contributed by atoms with Crippen molar-refractivity contribution in [3.63, 3.8) is 0 Å². The third-order valence-electron chi connectivity index (χ3n) is 17.7. The number of hydrogen-bond acceptors (Lipinski definition) is 18. The molecule has 0 aromatic carbocycles. The van der Waals surface area contributed by atoms with Crippen LogP contribution < -0.4 is 5.32 Å². The van der Waals surface area contributed by atoms with Crippen LogP contribution in [-0.4, -0.2) is 193 Å². The molecule has 0 bridgehead atoms. The van der Waals surface area contributed by atoms with Crippen molar-refractivity contribution in [1.82, 2.24) is 5.32 Å². The number of ether oxygens (including phenoxy) is 6.